The number of hydrogen-bond donors (Lipinski definition) is 1. The summed E-state index contributed by atoms with van der Waals surface area (Å²) in [6.45, 7) is 4.21. The molecule has 3 aromatic rings. The van der Waals surface area contributed by atoms with Crippen molar-refractivity contribution in [2.24, 2.45) is 0 Å². The van der Waals surface area contributed by atoms with Gasteiger partial charge in [-0.15, -0.1) is 12.4 Å². The van der Waals surface area contributed by atoms with Crippen molar-refractivity contribution in [2.45, 2.75) is 26.6 Å². The molecule has 0 aliphatic rings. The molecule has 3 rings (SSSR count). The van der Waals surface area contributed by atoms with Gasteiger partial charge < -0.3 is 14.8 Å². The van der Waals surface area contributed by atoms with Crippen LogP contribution in [-0.4, -0.2) is 7.11 Å². The minimum atomic E-state index is 0. The van der Waals surface area contributed by atoms with E-state index in [4.69, 9.17) is 9.47 Å². The van der Waals surface area contributed by atoms with Gasteiger partial charge in [-0.1, -0.05) is 60.2 Å². The Kier molecular flexibility index (Phi) is 8.18. The lowest BCUT2D eigenvalue weighted by atomic mass is 10.1. The second kappa shape index (κ2) is 10.6. The van der Waals surface area contributed by atoms with Crippen LogP contribution >= 0.6 is 12.4 Å². The first kappa shape index (κ1) is 20.8. The molecule has 0 aromatic heterocycles. The van der Waals surface area contributed by atoms with Gasteiger partial charge in [0, 0.05) is 18.7 Å². The predicted octanol–water partition coefficient (Wildman–Crippen LogP) is 5.29. The van der Waals surface area contributed by atoms with Crippen LogP contribution in [0.15, 0.2) is 72.8 Å². The van der Waals surface area contributed by atoms with Crippen molar-refractivity contribution in [3.05, 3.63) is 95.1 Å². The second-order valence-corrected chi connectivity index (χ2v) is 6.34. The summed E-state index contributed by atoms with van der Waals surface area (Å²) in [5, 5.41) is 3.46. The highest BCUT2D eigenvalue weighted by atomic mass is 35.5. The van der Waals surface area contributed by atoms with Crippen molar-refractivity contribution in [1.82, 2.24) is 5.32 Å². The van der Waals surface area contributed by atoms with Crippen molar-refractivity contribution in [2.75, 3.05) is 7.11 Å². The Morgan fingerprint density at radius 1 is 0.815 bits per heavy atom. The zero-order chi connectivity index (χ0) is 18.2. The predicted molar refractivity (Wildman–Crippen MR) is 113 cm³/mol. The molecule has 0 saturated carbocycles. The third kappa shape index (κ3) is 6.31. The molecule has 3 nitrogen and oxygen atoms in total. The Balaban J connectivity index is 0.00000261. The van der Waals surface area contributed by atoms with Crippen molar-refractivity contribution >= 4 is 12.4 Å². The lowest BCUT2D eigenvalue weighted by Gasteiger charge is -2.11. The van der Waals surface area contributed by atoms with Crippen molar-refractivity contribution in [3.8, 4) is 11.5 Å². The summed E-state index contributed by atoms with van der Waals surface area (Å²) < 4.78 is 11.3. The SMILES string of the molecule is COc1ccccc1CNCc1cccc(OCc2ccc(C)cc2)c1.Cl. The molecule has 1 N–H and O–H groups in total. The number of ether oxygens (including phenoxy) is 2. The molecule has 0 saturated heterocycles. The van der Waals surface area contributed by atoms with Crippen LogP contribution in [0.1, 0.15) is 22.3 Å². The van der Waals surface area contributed by atoms with Crippen LogP contribution in [0.3, 0.4) is 0 Å². The fourth-order valence-corrected chi connectivity index (χ4v) is 2.79. The van der Waals surface area contributed by atoms with E-state index in [1.807, 2.05) is 30.3 Å². The maximum Gasteiger partial charge on any atom is 0.123 e. The van der Waals surface area contributed by atoms with Gasteiger partial charge >= 0.3 is 0 Å². The molecule has 0 heterocycles. The van der Waals surface area contributed by atoms with Crippen molar-refractivity contribution < 1.29 is 9.47 Å². The van der Waals surface area contributed by atoms with Gasteiger partial charge in [-0.2, -0.15) is 0 Å². The summed E-state index contributed by atoms with van der Waals surface area (Å²) in [6, 6.07) is 24.7. The van der Waals surface area contributed by atoms with Gasteiger partial charge in [-0.3, -0.25) is 0 Å². The van der Waals surface area contributed by atoms with Gasteiger partial charge in [-0.25, -0.2) is 0 Å². The van der Waals surface area contributed by atoms with Gasteiger partial charge in [0.1, 0.15) is 18.1 Å². The molecule has 3 aromatic carbocycles. The Hall–Kier alpha value is -2.49. The van der Waals surface area contributed by atoms with Crippen LogP contribution in [0, 0.1) is 6.92 Å². The van der Waals surface area contributed by atoms with Crippen LogP contribution < -0.4 is 14.8 Å². The number of aryl methyl sites for hydroxylation is 1. The average molecular weight is 384 g/mol. The summed E-state index contributed by atoms with van der Waals surface area (Å²) >= 11 is 0. The highest BCUT2D eigenvalue weighted by Crippen LogP contribution is 2.18. The molecule has 0 aliphatic carbocycles. The van der Waals surface area contributed by atoms with Gasteiger partial charge in [0.05, 0.1) is 7.11 Å². The standard InChI is InChI=1S/C23H25NO2.ClH/c1-18-10-12-19(13-11-18)17-26-22-8-5-6-20(14-22)15-24-16-21-7-3-4-9-23(21)25-2;/h3-14,24H,15-17H2,1-2H3;1H. The van der Waals surface area contributed by atoms with Crippen LogP contribution in [0.5, 0.6) is 11.5 Å². The van der Waals surface area contributed by atoms with E-state index in [9.17, 15) is 0 Å². The maximum absolute atomic E-state index is 5.93. The topological polar surface area (TPSA) is 30.5 Å². The van der Waals surface area contributed by atoms with E-state index in [1.54, 1.807) is 7.11 Å². The highest BCUT2D eigenvalue weighted by molar-refractivity contribution is 5.85. The third-order valence-electron chi connectivity index (χ3n) is 4.26. The number of para-hydroxylation sites is 1. The molecule has 0 radical (unpaired) electrons. The normalized spacial score (nSPS) is 10.1. The summed E-state index contributed by atoms with van der Waals surface area (Å²) in [6.07, 6.45) is 0. The lowest BCUT2D eigenvalue weighted by molar-refractivity contribution is 0.306. The minimum absolute atomic E-state index is 0. The molecule has 0 amide bonds. The van der Waals surface area contributed by atoms with E-state index in [-0.39, 0.29) is 12.4 Å². The van der Waals surface area contributed by atoms with Crippen molar-refractivity contribution in [1.29, 1.82) is 0 Å². The van der Waals surface area contributed by atoms with Crippen LogP contribution in [0.25, 0.3) is 0 Å². The van der Waals surface area contributed by atoms with E-state index in [0.29, 0.717) is 6.61 Å². The summed E-state index contributed by atoms with van der Waals surface area (Å²) in [5.41, 5.74) is 4.79. The molecular weight excluding hydrogens is 358 g/mol. The van der Waals surface area contributed by atoms with Gasteiger partial charge in [-0.05, 0) is 36.2 Å². The third-order valence-corrected chi connectivity index (χ3v) is 4.26. The van der Waals surface area contributed by atoms with Crippen LogP contribution in [0.4, 0.5) is 0 Å². The summed E-state index contributed by atoms with van der Waals surface area (Å²) in [5.74, 6) is 1.80. The van der Waals surface area contributed by atoms with Gasteiger partial charge in [0.25, 0.3) is 0 Å². The first-order chi connectivity index (χ1) is 12.7. The Labute approximate surface area is 167 Å². The Morgan fingerprint density at radius 3 is 2.37 bits per heavy atom. The van der Waals surface area contributed by atoms with E-state index in [2.05, 4.69) is 54.7 Å². The molecule has 27 heavy (non-hydrogen) atoms. The molecule has 0 atom stereocenters. The zero-order valence-electron chi connectivity index (χ0n) is 15.8. The second-order valence-electron chi connectivity index (χ2n) is 6.34. The molecule has 142 valence electrons. The lowest BCUT2D eigenvalue weighted by Crippen LogP contribution is -2.13. The van der Waals surface area contributed by atoms with Crippen LogP contribution in [0.2, 0.25) is 0 Å². The minimum Gasteiger partial charge on any atom is -0.496 e. The molecule has 0 spiro atoms. The number of hydrogen-bond acceptors (Lipinski definition) is 3. The monoisotopic (exact) mass is 383 g/mol. The van der Waals surface area contributed by atoms with Gasteiger partial charge in [0.15, 0.2) is 0 Å². The zero-order valence-corrected chi connectivity index (χ0v) is 16.6. The van der Waals surface area contributed by atoms with Crippen LogP contribution in [-0.2, 0) is 19.7 Å². The molecule has 0 unspecified atom stereocenters. The number of rotatable bonds is 8. The van der Waals surface area contributed by atoms with Gasteiger partial charge in [0.2, 0.25) is 0 Å². The van der Waals surface area contributed by atoms with E-state index < -0.39 is 0 Å². The maximum atomic E-state index is 5.93. The van der Waals surface area contributed by atoms with E-state index in [0.717, 1.165) is 30.2 Å². The largest absolute Gasteiger partial charge is 0.496 e. The van der Waals surface area contributed by atoms with E-state index in [1.165, 1.54) is 16.7 Å². The van der Waals surface area contributed by atoms with E-state index >= 15 is 0 Å². The Morgan fingerprint density at radius 2 is 1.59 bits per heavy atom. The molecule has 4 heteroatoms. The average Bonchev–Trinajstić information content (AvgIpc) is 2.68. The fourth-order valence-electron chi connectivity index (χ4n) is 2.79. The molecular formula is C23H26ClNO2. The fraction of sp³-hybridized carbons (Fsp3) is 0.217. The molecule has 0 aliphatic heterocycles. The highest BCUT2D eigenvalue weighted by Gasteiger charge is 2.02. The summed E-state index contributed by atoms with van der Waals surface area (Å²) in [4.78, 5) is 0. The number of halogens is 1. The molecule has 0 bridgehead atoms. The smallest absolute Gasteiger partial charge is 0.123 e. The summed E-state index contributed by atoms with van der Waals surface area (Å²) in [7, 11) is 1.70. The first-order valence-electron chi connectivity index (χ1n) is 8.84. The van der Waals surface area contributed by atoms with Crippen molar-refractivity contribution in [3.63, 3.8) is 0 Å². The Bertz CT molecular complexity index is 834. The first-order valence-corrected chi connectivity index (χ1v) is 8.84. The molecule has 0 fully saturated rings. The number of benzene rings is 3. The quantitative estimate of drug-likeness (QED) is 0.573. The number of methoxy groups -OCH3 is 1. The number of nitrogens with one attached hydrogen (secondary N) is 1.